The van der Waals surface area contributed by atoms with E-state index in [1.54, 1.807) is 6.33 Å². The molecule has 1 aromatic heterocycles. The molecule has 0 aliphatic heterocycles. The van der Waals surface area contributed by atoms with Gasteiger partial charge in [-0.15, -0.1) is 0 Å². The lowest BCUT2D eigenvalue weighted by Crippen LogP contribution is -2.60. The van der Waals surface area contributed by atoms with Crippen LogP contribution in [0.15, 0.2) is 55.1 Å². The summed E-state index contributed by atoms with van der Waals surface area (Å²) in [4.78, 5) is 17.9. The summed E-state index contributed by atoms with van der Waals surface area (Å²) in [5, 5.41) is 10.1. The number of carbonyl (C=O) groups is 1. The molecule has 3 aromatic rings. The first-order valence-corrected chi connectivity index (χ1v) is 10.3. The molecule has 0 saturated heterocycles. The average Bonchev–Trinajstić information content (AvgIpc) is 3.23. The molecule has 7 rings (SSSR count). The van der Waals surface area contributed by atoms with Crippen LogP contribution in [0.5, 0.6) is 0 Å². The fourth-order valence-corrected chi connectivity index (χ4v) is 6.79. The molecular weight excluding hydrogens is 348 g/mol. The monoisotopic (exact) mass is 372 g/mol. The van der Waals surface area contributed by atoms with E-state index < -0.39 is 0 Å². The van der Waals surface area contributed by atoms with Crippen molar-refractivity contribution < 1.29 is 4.79 Å². The van der Waals surface area contributed by atoms with Gasteiger partial charge >= 0.3 is 0 Å². The molecule has 2 unspecified atom stereocenters. The van der Waals surface area contributed by atoms with Crippen molar-refractivity contribution in [3.05, 3.63) is 55.1 Å². The number of hydrogen-bond donors (Lipinski definition) is 1. The largest absolute Gasteiger partial charge is 0.325 e. The van der Waals surface area contributed by atoms with Crippen LogP contribution >= 0.6 is 0 Å². The van der Waals surface area contributed by atoms with Gasteiger partial charge < -0.3 is 5.32 Å². The van der Waals surface area contributed by atoms with E-state index in [0.29, 0.717) is 11.8 Å². The maximum absolute atomic E-state index is 13.7. The van der Waals surface area contributed by atoms with Gasteiger partial charge in [-0.3, -0.25) is 4.79 Å². The number of aromatic nitrogens is 3. The van der Waals surface area contributed by atoms with Crippen LogP contribution in [0.25, 0.3) is 10.8 Å². The standard InChI is InChI=1S/C23H24N4O/c28-21(26-20-7-3-5-18-4-1-2-6-19(18)20)22-9-16-8-17(10-22)12-23(11-16,13-22)27-15-24-14-25-27/h1-7,14-17H,8-13H2,(H,26,28). The van der Waals surface area contributed by atoms with Crippen LogP contribution in [0.2, 0.25) is 0 Å². The quantitative estimate of drug-likeness (QED) is 0.743. The van der Waals surface area contributed by atoms with Gasteiger partial charge in [0.05, 0.1) is 11.0 Å². The van der Waals surface area contributed by atoms with E-state index >= 15 is 0 Å². The molecule has 4 aliphatic carbocycles. The lowest BCUT2D eigenvalue weighted by Gasteiger charge is -2.60. The molecule has 4 bridgehead atoms. The van der Waals surface area contributed by atoms with E-state index in [1.165, 1.54) is 6.42 Å². The number of nitrogens with zero attached hydrogens (tertiary/aromatic N) is 3. The summed E-state index contributed by atoms with van der Waals surface area (Å²) in [7, 11) is 0. The molecule has 4 fully saturated rings. The number of anilines is 1. The number of rotatable bonds is 3. The minimum Gasteiger partial charge on any atom is -0.325 e. The highest BCUT2D eigenvalue weighted by Gasteiger charge is 2.61. The summed E-state index contributed by atoms with van der Waals surface area (Å²) in [6, 6.07) is 14.4. The smallest absolute Gasteiger partial charge is 0.230 e. The Kier molecular flexibility index (Phi) is 3.29. The molecule has 28 heavy (non-hydrogen) atoms. The highest BCUT2D eigenvalue weighted by molar-refractivity contribution is 6.04. The van der Waals surface area contributed by atoms with Crippen LogP contribution in [0.4, 0.5) is 5.69 Å². The summed E-state index contributed by atoms with van der Waals surface area (Å²) in [5.41, 5.74) is 0.609. The van der Waals surface area contributed by atoms with Crippen molar-refractivity contribution in [1.82, 2.24) is 14.8 Å². The van der Waals surface area contributed by atoms with Gasteiger partial charge in [0.1, 0.15) is 12.7 Å². The van der Waals surface area contributed by atoms with E-state index in [0.717, 1.165) is 48.6 Å². The van der Waals surface area contributed by atoms with Crippen molar-refractivity contribution in [2.75, 3.05) is 5.32 Å². The lowest BCUT2D eigenvalue weighted by molar-refractivity contribution is -0.150. The Labute approximate surface area is 164 Å². The van der Waals surface area contributed by atoms with E-state index in [1.807, 2.05) is 30.6 Å². The minimum atomic E-state index is -0.285. The third-order valence-corrected chi connectivity index (χ3v) is 7.45. The average molecular weight is 372 g/mol. The molecule has 2 atom stereocenters. The van der Waals surface area contributed by atoms with Crippen LogP contribution in [0, 0.1) is 17.3 Å². The molecule has 1 amide bonds. The molecule has 0 spiro atoms. The summed E-state index contributed by atoms with van der Waals surface area (Å²) < 4.78 is 2.06. The van der Waals surface area contributed by atoms with Gasteiger partial charge in [0, 0.05) is 11.1 Å². The first-order valence-electron chi connectivity index (χ1n) is 10.3. The number of nitrogens with one attached hydrogen (secondary N) is 1. The summed E-state index contributed by atoms with van der Waals surface area (Å²) >= 11 is 0. The van der Waals surface area contributed by atoms with Gasteiger partial charge in [0.25, 0.3) is 0 Å². The highest BCUT2D eigenvalue weighted by atomic mass is 16.2. The van der Waals surface area contributed by atoms with Crippen molar-refractivity contribution in [3.63, 3.8) is 0 Å². The van der Waals surface area contributed by atoms with Gasteiger partial charge in [-0.2, -0.15) is 5.10 Å². The summed E-state index contributed by atoms with van der Waals surface area (Å²) in [6.07, 6.45) is 9.91. The predicted octanol–water partition coefficient (Wildman–Crippen LogP) is 4.37. The molecule has 1 heterocycles. The van der Waals surface area contributed by atoms with Gasteiger partial charge in [0.15, 0.2) is 0 Å². The van der Waals surface area contributed by atoms with Crippen molar-refractivity contribution in [2.24, 2.45) is 17.3 Å². The fraction of sp³-hybridized carbons (Fsp3) is 0.435. The Morgan fingerprint density at radius 2 is 1.82 bits per heavy atom. The second-order valence-electron chi connectivity index (χ2n) is 9.29. The highest BCUT2D eigenvalue weighted by Crippen LogP contribution is 2.64. The van der Waals surface area contributed by atoms with Crippen molar-refractivity contribution >= 4 is 22.4 Å². The second kappa shape index (κ2) is 5.66. The van der Waals surface area contributed by atoms with E-state index in [2.05, 4.69) is 38.3 Å². The first kappa shape index (κ1) is 16.3. The molecule has 4 saturated carbocycles. The first-order chi connectivity index (χ1) is 13.7. The Bertz CT molecular complexity index is 1040. The Balaban J connectivity index is 1.37. The number of amides is 1. The number of benzene rings is 2. The van der Waals surface area contributed by atoms with Crippen LogP contribution in [-0.2, 0) is 10.3 Å². The van der Waals surface area contributed by atoms with Gasteiger partial charge in [-0.1, -0.05) is 36.4 Å². The number of hydrogen-bond acceptors (Lipinski definition) is 3. The summed E-state index contributed by atoms with van der Waals surface area (Å²) in [5.74, 6) is 1.43. The fourth-order valence-electron chi connectivity index (χ4n) is 6.79. The lowest BCUT2D eigenvalue weighted by atomic mass is 9.46. The Morgan fingerprint density at radius 3 is 2.61 bits per heavy atom. The summed E-state index contributed by atoms with van der Waals surface area (Å²) in [6.45, 7) is 0. The number of fused-ring (bicyclic) bond motifs is 1. The van der Waals surface area contributed by atoms with E-state index in [9.17, 15) is 4.79 Å². The maximum atomic E-state index is 13.7. The molecule has 5 nitrogen and oxygen atoms in total. The Morgan fingerprint density at radius 1 is 1.04 bits per heavy atom. The molecular formula is C23H24N4O. The van der Waals surface area contributed by atoms with Crippen LogP contribution in [0.1, 0.15) is 38.5 Å². The van der Waals surface area contributed by atoms with Gasteiger partial charge in [0.2, 0.25) is 5.91 Å². The maximum Gasteiger partial charge on any atom is 0.230 e. The topological polar surface area (TPSA) is 59.8 Å². The molecule has 5 heteroatoms. The Hall–Kier alpha value is -2.69. The normalized spacial score (nSPS) is 33.3. The van der Waals surface area contributed by atoms with E-state index in [4.69, 9.17) is 0 Å². The third kappa shape index (κ3) is 2.28. The zero-order chi connectivity index (χ0) is 18.8. The van der Waals surface area contributed by atoms with Gasteiger partial charge in [-0.05, 0) is 61.8 Å². The molecule has 2 aromatic carbocycles. The SMILES string of the molecule is O=C(Nc1cccc2ccccc12)C12CC3CC(C1)CC(n1cncn1)(C3)C2. The van der Waals surface area contributed by atoms with Crippen LogP contribution in [-0.4, -0.2) is 20.7 Å². The van der Waals surface area contributed by atoms with Crippen LogP contribution < -0.4 is 5.32 Å². The van der Waals surface area contributed by atoms with Crippen molar-refractivity contribution in [1.29, 1.82) is 0 Å². The molecule has 4 aliphatic rings. The molecule has 1 N–H and O–H groups in total. The minimum absolute atomic E-state index is 0.0311. The third-order valence-electron chi connectivity index (χ3n) is 7.45. The van der Waals surface area contributed by atoms with Gasteiger partial charge in [-0.25, -0.2) is 9.67 Å². The second-order valence-corrected chi connectivity index (χ2v) is 9.29. The van der Waals surface area contributed by atoms with Crippen molar-refractivity contribution in [2.45, 2.75) is 44.1 Å². The molecule has 142 valence electrons. The van der Waals surface area contributed by atoms with Crippen LogP contribution in [0.3, 0.4) is 0 Å². The van der Waals surface area contributed by atoms with Crippen molar-refractivity contribution in [3.8, 4) is 0 Å². The van der Waals surface area contributed by atoms with E-state index in [-0.39, 0.29) is 16.9 Å². The zero-order valence-electron chi connectivity index (χ0n) is 15.8. The zero-order valence-corrected chi connectivity index (χ0v) is 15.8. The number of carbonyl (C=O) groups excluding carboxylic acids is 1. The predicted molar refractivity (Wildman–Crippen MR) is 108 cm³/mol. The molecule has 0 radical (unpaired) electrons.